The lowest BCUT2D eigenvalue weighted by molar-refractivity contribution is -0.121. The minimum atomic E-state index is -4.29. The highest BCUT2D eigenvalue weighted by atomic mass is 19.4. The minimum Gasteiger partial charge on any atom is -0.392 e. The number of nitrogens with zero attached hydrogens (tertiary/aromatic N) is 1. The monoisotopic (exact) mass is 590 g/mol. The minimum absolute atomic E-state index is 0.0593. The quantitative estimate of drug-likeness (QED) is 0.210. The van der Waals surface area contributed by atoms with Crippen LogP contribution in [0.2, 0.25) is 0 Å². The average Bonchev–Trinajstić information content (AvgIpc) is 3.47. The second-order valence-corrected chi connectivity index (χ2v) is 11.4. The van der Waals surface area contributed by atoms with Gasteiger partial charge in [-0.1, -0.05) is 52.0 Å². The molecule has 0 bridgehead atoms. The van der Waals surface area contributed by atoms with E-state index in [1.165, 1.54) is 6.08 Å². The molecule has 1 aromatic rings. The first-order chi connectivity index (χ1) is 19.7. The van der Waals surface area contributed by atoms with Crippen LogP contribution in [0.1, 0.15) is 82.3 Å². The molecule has 3 unspecified atom stereocenters. The zero-order chi connectivity index (χ0) is 32.1. The molecule has 2 N–H and O–H groups in total. The van der Waals surface area contributed by atoms with Crippen LogP contribution in [0.5, 0.6) is 0 Å². The number of piperidine rings is 1. The van der Waals surface area contributed by atoms with Gasteiger partial charge in [0, 0.05) is 49.7 Å². The second-order valence-electron chi connectivity index (χ2n) is 11.4. The summed E-state index contributed by atoms with van der Waals surface area (Å²) in [5.41, 5.74) is 1.84. The van der Waals surface area contributed by atoms with Crippen LogP contribution in [0.4, 0.5) is 13.2 Å². The van der Waals surface area contributed by atoms with Gasteiger partial charge in [0.05, 0.1) is 6.10 Å². The SMILES string of the molecule is C#CC.C/C(=C\C=C/CC12CC1CN(CC(O)CCNC(=O)c1ccc(C)c(CC(=O)C(C)C)c1)C2)C(F)(F)F.CC. The molecular weight excluding hydrogens is 541 g/mol. The molecule has 3 rings (SSSR count). The molecule has 1 aliphatic carbocycles. The molecule has 42 heavy (non-hydrogen) atoms. The van der Waals surface area contributed by atoms with E-state index in [1.807, 2.05) is 46.8 Å². The van der Waals surface area contributed by atoms with Crippen LogP contribution >= 0.6 is 0 Å². The van der Waals surface area contributed by atoms with Crippen molar-refractivity contribution in [2.45, 2.75) is 86.4 Å². The Bertz CT molecular complexity index is 1130. The molecule has 0 aromatic heterocycles. The summed E-state index contributed by atoms with van der Waals surface area (Å²) < 4.78 is 37.7. The number of β-amino-alcohol motifs (C(OH)–C–C–N with tert-alkyl or cyclic N) is 1. The number of amides is 1. The van der Waals surface area contributed by atoms with Gasteiger partial charge in [-0.25, -0.2) is 0 Å². The maximum absolute atomic E-state index is 12.6. The number of carbonyl (C=O) groups is 2. The van der Waals surface area contributed by atoms with Gasteiger partial charge in [-0.15, -0.1) is 12.3 Å². The Balaban J connectivity index is 0.00000165. The lowest BCUT2D eigenvalue weighted by Gasteiger charge is -2.23. The maximum Gasteiger partial charge on any atom is 0.412 e. The number of halogens is 3. The number of hydrogen-bond acceptors (Lipinski definition) is 4. The highest BCUT2D eigenvalue weighted by molar-refractivity contribution is 5.95. The fraction of sp³-hybridized carbons (Fsp3) is 0.588. The molecule has 1 saturated carbocycles. The van der Waals surface area contributed by atoms with Gasteiger partial charge >= 0.3 is 6.18 Å². The fourth-order valence-electron chi connectivity index (χ4n) is 5.01. The highest BCUT2D eigenvalue weighted by Gasteiger charge is 2.58. The van der Waals surface area contributed by atoms with Gasteiger partial charge in [-0.2, -0.15) is 13.2 Å². The molecule has 1 aliphatic heterocycles. The zero-order valence-electron chi connectivity index (χ0n) is 26.3. The molecular formula is C34H49F3N2O3. The summed E-state index contributed by atoms with van der Waals surface area (Å²) in [6.45, 7) is 14.9. The summed E-state index contributed by atoms with van der Waals surface area (Å²) in [4.78, 5) is 26.9. The first kappa shape index (κ1) is 37.1. The number of Topliss-reactive ketones (excluding diaryl/α,β-unsaturated/α-hetero) is 1. The first-order valence-electron chi connectivity index (χ1n) is 14.8. The first-order valence-corrected chi connectivity index (χ1v) is 14.8. The predicted octanol–water partition coefficient (Wildman–Crippen LogP) is 6.69. The van der Waals surface area contributed by atoms with Gasteiger partial charge in [-0.05, 0) is 74.6 Å². The van der Waals surface area contributed by atoms with Gasteiger partial charge < -0.3 is 10.4 Å². The lowest BCUT2D eigenvalue weighted by Crippen LogP contribution is -2.35. The van der Waals surface area contributed by atoms with E-state index in [2.05, 4.69) is 22.6 Å². The normalized spacial score (nSPS) is 20.5. The van der Waals surface area contributed by atoms with E-state index in [4.69, 9.17) is 0 Å². The number of aliphatic hydroxyl groups excluding tert-OH is 1. The molecule has 2 aliphatic rings. The Hall–Kier alpha value is -2.89. The van der Waals surface area contributed by atoms with Gasteiger partial charge in [0.2, 0.25) is 0 Å². The van der Waals surface area contributed by atoms with Crippen LogP contribution in [0.3, 0.4) is 0 Å². The number of fused-ring (bicyclic) bond motifs is 1. The molecule has 234 valence electrons. The van der Waals surface area contributed by atoms with Crippen molar-refractivity contribution in [1.82, 2.24) is 10.2 Å². The van der Waals surface area contributed by atoms with E-state index in [-0.39, 0.29) is 23.0 Å². The number of rotatable bonds is 12. The second kappa shape index (κ2) is 17.3. The molecule has 8 heteroatoms. The number of terminal acetylenes is 1. The van der Waals surface area contributed by atoms with Gasteiger partial charge in [0.15, 0.2) is 0 Å². The number of carbonyl (C=O) groups excluding carboxylic acids is 2. The van der Waals surface area contributed by atoms with Crippen molar-refractivity contribution < 1.29 is 27.9 Å². The fourth-order valence-corrected chi connectivity index (χ4v) is 5.01. The number of allylic oxidation sites excluding steroid dienone is 4. The van der Waals surface area contributed by atoms with Crippen molar-refractivity contribution in [3.63, 3.8) is 0 Å². The van der Waals surface area contributed by atoms with Crippen LogP contribution in [0.25, 0.3) is 0 Å². The Labute approximate surface area is 250 Å². The molecule has 1 amide bonds. The molecule has 3 atom stereocenters. The number of aryl methyl sites for hydroxylation is 1. The standard InChI is InChI=1S/C29H39F3N2O3.C3H4.C2H6/c1-19(2)26(36)14-23-13-22(9-8-20(23)3)27(37)33-12-10-25(35)17-34-16-24-15-28(24,18-34)11-6-5-7-21(4)29(30,31)32;1-3-2;1-2/h5-9,13,19,24-25,35H,10-12,14-18H2,1-4H3,(H,33,37);1H,2H3;1-2H3/b6-5-,21-7+;;. The van der Waals surface area contributed by atoms with Gasteiger partial charge in [-0.3, -0.25) is 14.5 Å². The molecule has 1 saturated heterocycles. The largest absolute Gasteiger partial charge is 0.412 e. The number of hydrogen-bond donors (Lipinski definition) is 2. The lowest BCUT2D eigenvalue weighted by atomic mass is 9.96. The average molecular weight is 591 g/mol. The van der Waals surface area contributed by atoms with Gasteiger partial charge in [0.25, 0.3) is 5.91 Å². The number of benzene rings is 1. The summed E-state index contributed by atoms with van der Waals surface area (Å²) in [5, 5.41) is 13.4. The third-order valence-electron chi connectivity index (χ3n) is 7.68. The van der Waals surface area contributed by atoms with Crippen LogP contribution in [0, 0.1) is 36.5 Å². The van der Waals surface area contributed by atoms with E-state index >= 15 is 0 Å². The number of ketones is 1. The van der Waals surface area contributed by atoms with Crippen LogP contribution in [-0.2, 0) is 11.2 Å². The van der Waals surface area contributed by atoms with Gasteiger partial charge in [0.1, 0.15) is 5.78 Å². The van der Waals surface area contributed by atoms with Crippen LogP contribution in [0.15, 0.2) is 42.0 Å². The smallest absolute Gasteiger partial charge is 0.392 e. The van der Waals surface area contributed by atoms with Crippen molar-refractivity contribution >= 4 is 11.7 Å². The van der Waals surface area contributed by atoms with Crippen molar-refractivity contribution in [3.05, 3.63) is 58.7 Å². The Kier molecular flexibility index (Phi) is 15.3. The number of likely N-dealkylation sites (tertiary alicyclic amines) is 1. The summed E-state index contributed by atoms with van der Waals surface area (Å²) in [6, 6.07) is 5.37. The molecule has 0 radical (unpaired) electrons. The van der Waals surface area contributed by atoms with Crippen LogP contribution < -0.4 is 5.32 Å². The summed E-state index contributed by atoms with van der Waals surface area (Å²) in [7, 11) is 0. The molecule has 5 nitrogen and oxygen atoms in total. The van der Waals surface area contributed by atoms with E-state index in [0.29, 0.717) is 37.4 Å². The maximum atomic E-state index is 12.6. The number of nitrogens with one attached hydrogen (secondary N) is 1. The third kappa shape index (κ3) is 11.8. The summed E-state index contributed by atoms with van der Waals surface area (Å²) in [6.07, 6.45) is 6.69. The summed E-state index contributed by atoms with van der Waals surface area (Å²) >= 11 is 0. The molecule has 2 fully saturated rings. The topological polar surface area (TPSA) is 69.6 Å². The van der Waals surface area contributed by atoms with Crippen LogP contribution in [-0.4, -0.2) is 60.2 Å². The Morgan fingerprint density at radius 3 is 2.52 bits per heavy atom. The van der Waals surface area contributed by atoms with Crippen molar-refractivity contribution in [1.29, 1.82) is 0 Å². The number of aliphatic hydroxyl groups is 1. The van der Waals surface area contributed by atoms with Crippen molar-refractivity contribution in [2.75, 3.05) is 26.2 Å². The summed E-state index contributed by atoms with van der Waals surface area (Å²) in [5.74, 6) is 2.62. The zero-order valence-corrected chi connectivity index (χ0v) is 26.3. The molecule has 0 spiro atoms. The number of alkyl halides is 3. The Morgan fingerprint density at radius 2 is 1.93 bits per heavy atom. The predicted molar refractivity (Wildman–Crippen MR) is 164 cm³/mol. The van der Waals surface area contributed by atoms with E-state index in [9.17, 15) is 27.9 Å². The van der Waals surface area contributed by atoms with Crippen molar-refractivity contribution in [2.24, 2.45) is 17.3 Å². The molecule has 1 heterocycles. The van der Waals surface area contributed by atoms with E-state index in [0.717, 1.165) is 50.1 Å². The Morgan fingerprint density at radius 1 is 1.29 bits per heavy atom. The molecule has 1 aromatic carbocycles. The van der Waals surface area contributed by atoms with E-state index < -0.39 is 17.9 Å². The van der Waals surface area contributed by atoms with Crippen molar-refractivity contribution in [3.8, 4) is 12.3 Å². The third-order valence-corrected chi connectivity index (χ3v) is 7.68. The van der Waals surface area contributed by atoms with E-state index in [1.54, 1.807) is 19.1 Å². The highest BCUT2D eigenvalue weighted by Crippen LogP contribution is 2.60.